The van der Waals surface area contributed by atoms with E-state index in [0.29, 0.717) is 0 Å². The van der Waals surface area contributed by atoms with E-state index in [1.807, 2.05) is 4.90 Å². The second-order valence-electron chi connectivity index (χ2n) is 4.20. The molecule has 0 spiro atoms. The zero-order valence-corrected chi connectivity index (χ0v) is 11.0. The first kappa shape index (κ1) is 15.4. The highest BCUT2D eigenvalue weighted by molar-refractivity contribution is 5.82. The number of hydrogen-bond donors (Lipinski definition) is 1. The summed E-state index contributed by atoms with van der Waals surface area (Å²) in [4.78, 5) is 13.9. The summed E-state index contributed by atoms with van der Waals surface area (Å²) in [6.07, 6.45) is 3.06. The van der Waals surface area contributed by atoms with Crippen LogP contribution in [0.5, 0.6) is 0 Å². The van der Waals surface area contributed by atoms with Crippen LogP contribution >= 0.6 is 0 Å². The van der Waals surface area contributed by atoms with Crippen molar-refractivity contribution in [1.82, 2.24) is 4.90 Å². The third kappa shape index (κ3) is 4.94. The molecular weight excluding hydrogens is 204 g/mol. The Hall–Kier alpha value is -0.610. The van der Waals surface area contributed by atoms with E-state index in [1.165, 1.54) is 0 Å². The fourth-order valence-electron chi connectivity index (χ4n) is 1.56. The van der Waals surface area contributed by atoms with Gasteiger partial charge in [-0.25, -0.2) is 0 Å². The van der Waals surface area contributed by atoms with E-state index in [9.17, 15) is 4.79 Å². The topological polar surface area (TPSA) is 55.6 Å². The van der Waals surface area contributed by atoms with E-state index in [4.69, 9.17) is 10.5 Å². The highest BCUT2D eigenvalue weighted by Gasteiger charge is 2.23. The monoisotopic (exact) mass is 230 g/mol. The number of unbranched alkanes of at least 4 members (excludes halogenated alkanes) is 1. The van der Waals surface area contributed by atoms with Gasteiger partial charge in [0.25, 0.3) is 0 Å². The molecule has 0 aliphatic carbocycles. The fraction of sp³-hybridized carbons (Fsp3) is 0.917. The van der Waals surface area contributed by atoms with Gasteiger partial charge in [-0.15, -0.1) is 0 Å². The third-order valence-corrected chi connectivity index (χ3v) is 2.82. The second-order valence-corrected chi connectivity index (χ2v) is 4.20. The molecule has 0 radical (unpaired) electrons. The molecule has 0 heterocycles. The highest BCUT2D eigenvalue weighted by Crippen LogP contribution is 2.07. The maximum atomic E-state index is 12.1. The smallest absolute Gasteiger partial charge is 0.242 e. The van der Waals surface area contributed by atoms with E-state index in [1.54, 1.807) is 7.11 Å². The summed E-state index contributed by atoms with van der Waals surface area (Å²) in [5.41, 5.74) is 5.78. The predicted octanol–water partition coefficient (Wildman–Crippen LogP) is 1.39. The molecule has 0 fully saturated rings. The van der Waals surface area contributed by atoms with Crippen molar-refractivity contribution in [3.8, 4) is 0 Å². The molecule has 16 heavy (non-hydrogen) atoms. The van der Waals surface area contributed by atoms with E-state index >= 15 is 0 Å². The Bertz CT molecular complexity index is 197. The van der Waals surface area contributed by atoms with Gasteiger partial charge in [0.15, 0.2) is 0 Å². The summed E-state index contributed by atoms with van der Waals surface area (Å²) in [7, 11) is 1.56. The van der Waals surface area contributed by atoms with E-state index in [-0.39, 0.29) is 18.6 Å². The van der Waals surface area contributed by atoms with Crippen LogP contribution in [0.3, 0.4) is 0 Å². The number of methoxy groups -OCH3 is 1. The number of amides is 1. The van der Waals surface area contributed by atoms with Crippen LogP contribution in [0.2, 0.25) is 0 Å². The number of hydrogen-bond acceptors (Lipinski definition) is 3. The zero-order chi connectivity index (χ0) is 12.6. The molecule has 0 aliphatic rings. The summed E-state index contributed by atoms with van der Waals surface area (Å²) in [5, 5.41) is 0. The average molecular weight is 230 g/mol. The largest absolute Gasteiger partial charge is 0.383 e. The maximum absolute atomic E-state index is 12.1. The average Bonchev–Trinajstić information content (AvgIpc) is 2.29. The summed E-state index contributed by atoms with van der Waals surface area (Å²) < 4.78 is 4.92. The lowest BCUT2D eigenvalue weighted by molar-refractivity contribution is -0.136. The molecule has 2 unspecified atom stereocenters. The molecule has 96 valence electrons. The minimum absolute atomic E-state index is 0.00431. The summed E-state index contributed by atoms with van der Waals surface area (Å²) >= 11 is 0. The zero-order valence-electron chi connectivity index (χ0n) is 11.0. The van der Waals surface area contributed by atoms with E-state index in [2.05, 4.69) is 20.8 Å². The minimum atomic E-state index is -0.532. The normalized spacial score (nSPS) is 14.6. The van der Waals surface area contributed by atoms with E-state index < -0.39 is 6.04 Å². The quantitative estimate of drug-likeness (QED) is 0.685. The first-order valence-corrected chi connectivity index (χ1v) is 6.13. The number of rotatable bonds is 8. The van der Waals surface area contributed by atoms with Crippen LogP contribution < -0.4 is 5.73 Å². The third-order valence-electron chi connectivity index (χ3n) is 2.82. The molecule has 0 aliphatic heterocycles. The van der Waals surface area contributed by atoms with Gasteiger partial charge in [0.2, 0.25) is 5.91 Å². The number of ether oxygens (including phenoxy) is 1. The van der Waals surface area contributed by atoms with E-state index in [0.717, 1.165) is 25.8 Å². The van der Waals surface area contributed by atoms with Gasteiger partial charge in [-0.05, 0) is 19.8 Å². The first-order valence-electron chi connectivity index (χ1n) is 6.13. The lowest BCUT2D eigenvalue weighted by Gasteiger charge is -2.30. The molecule has 0 bridgehead atoms. The Balaban J connectivity index is 4.42. The van der Waals surface area contributed by atoms with Gasteiger partial charge < -0.3 is 15.4 Å². The summed E-state index contributed by atoms with van der Waals surface area (Å²) in [6, 6.07) is -0.280. The van der Waals surface area contributed by atoms with Crippen molar-refractivity contribution in [1.29, 1.82) is 0 Å². The number of carbonyl (C=O) groups excluding carboxylic acids is 1. The molecular formula is C12H26N2O2. The summed E-state index contributed by atoms with van der Waals surface area (Å²) in [6.45, 7) is 7.35. The van der Waals surface area contributed by atoms with Crippen LogP contribution in [0.4, 0.5) is 0 Å². The predicted molar refractivity (Wildman–Crippen MR) is 66.2 cm³/mol. The van der Waals surface area contributed by atoms with Crippen LogP contribution in [0.1, 0.15) is 40.0 Å². The van der Waals surface area contributed by atoms with Gasteiger partial charge >= 0.3 is 0 Å². The van der Waals surface area contributed by atoms with Crippen molar-refractivity contribution in [3.05, 3.63) is 0 Å². The van der Waals surface area contributed by atoms with Gasteiger partial charge in [0.05, 0.1) is 6.61 Å². The van der Waals surface area contributed by atoms with Crippen molar-refractivity contribution < 1.29 is 9.53 Å². The number of nitrogens with two attached hydrogens (primary N) is 1. The van der Waals surface area contributed by atoms with Crippen molar-refractivity contribution in [2.75, 3.05) is 20.3 Å². The molecule has 0 aromatic rings. The Kier molecular flexibility index (Phi) is 8.21. The van der Waals surface area contributed by atoms with Crippen LogP contribution in [0.25, 0.3) is 0 Å². The molecule has 0 saturated heterocycles. The molecule has 0 aromatic heterocycles. The Labute approximate surface area is 99.1 Å². The van der Waals surface area contributed by atoms with Crippen LogP contribution in [0, 0.1) is 0 Å². The standard InChI is InChI=1S/C12H26N2O2/c1-5-7-8-14(10(3)6-2)12(15)11(13)9-16-4/h10-11H,5-9,13H2,1-4H3. The molecule has 2 atom stereocenters. The fourth-order valence-corrected chi connectivity index (χ4v) is 1.56. The Morgan fingerprint density at radius 3 is 2.50 bits per heavy atom. The maximum Gasteiger partial charge on any atom is 0.242 e. The van der Waals surface area contributed by atoms with Crippen LogP contribution in [-0.2, 0) is 9.53 Å². The Morgan fingerprint density at radius 1 is 1.44 bits per heavy atom. The molecule has 2 N–H and O–H groups in total. The Morgan fingerprint density at radius 2 is 2.06 bits per heavy atom. The molecule has 4 heteroatoms. The van der Waals surface area contributed by atoms with Crippen molar-refractivity contribution >= 4 is 5.91 Å². The van der Waals surface area contributed by atoms with Gasteiger partial charge in [0.1, 0.15) is 6.04 Å². The van der Waals surface area contributed by atoms with Crippen LogP contribution in [-0.4, -0.2) is 43.2 Å². The SMILES string of the molecule is CCCCN(C(=O)C(N)COC)C(C)CC. The van der Waals surface area contributed by atoms with Gasteiger partial charge in [-0.1, -0.05) is 20.3 Å². The lowest BCUT2D eigenvalue weighted by Crippen LogP contribution is -2.49. The van der Waals surface area contributed by atoms with Crippen molar-refractivity contribution in [2.24, 2.45) is 5.73 Å². The summed E-state index contributed by atoms with van der Waals surface area (Å²) in [5.74, 6) is 0.00431. The molecule has 4 nitrogen and oxygen atoms in total. The highest BCUT2D eigenvalue weighted by atomic mass is 16.5. The second kappa shape index (κ2) is 8.53. The molecule has 1 amide bonds. The molecule has 0 saturated carbocycles. The number of carbonyl (C=O) groups is 1. The van der Waals surface area contributed by atoms with Crippen molar-refractivity contribution in [2.45, 2.75) is 52.1 Å². The molecule has 0 rings (SSSR count). The van der Waals surface area contributed by atoms with Crippen LogP contribution in [0.15, 0.2) is 0 Å². The van der Waals surface area contributed by atoms with Gasteiger partial charge in [-0.3, -0.25) is 4.79 Å². The van der Waals surface area contributed by atoms with Crippen molar-refractivity contribution in [3.63, 3.8) is 0 Å². The lowest BCUT2D eigenvalue weighted by atomic mass is 10.1. The van der Waals surface area contributed by atoms with Gasteiger partial charge in [0, 0.05) is 19.7 Å². The number of nitrogens with zero attached hydrogens (tertiary/aromatic N) is 1. The minimum Gasteiger partial charge on any atom is -0.383 e. The first-order chi connectivity index (χ1) is 7.58. The molecule has 0 aromatic carbocycles. The van der Waals surface area contributed by atoms with Gasteiger partial charge in [-0.2, -0.15) is 0 Å².